The Labute approximate surface area is 103 Å². The van der Waals surface area contributed by atoms with E-state index in [1.54, 1.807) is 12.1 Å². The molecule has 0 saturated heterocycles. The average molecular weight is 255 g/mol. The third-order valence-corrected chi connectivity index (χ3v) is 3.29. The van der Waals surface area contributed by atoms with Crippen molar-refractivity contribution in [3.63, 3.8) is 0 Å². The van der Waals surface area contributed by atoms with Gasteiger partial charge in [0, 0.05) is 4.90 Å². The molecule has 6 heteroatoms. The molecule has 0 radical (unpaired) electrons. The van der Waals surface area contributed by atoms with Crippen LogP contribution in [0.15, 0.2) is 17.0 Å². The Morgan fingerprint density at radius 1 is 1.41 bits per heavy atom. The van der Waals surface area contributed by atoms with E-state index in [1.807, 2.05) is 6.26 Å². The minimum absolute atomic E-state index is 0.466. The third-order valence-electron chi connectivity index (χ3n) is 2.50. The summed E-state index contributed by atoms with van der Waals surface area (Å²) >= 11 is 1.44. The van der Waals surface area contributed by atoms with Crippen LogP contribution < -0.4 is 15.2 Å². The number of hydrogen-bond acceptors (Lipinski definition) is 5. The molecule has 2 rings (SSSR count). The SMILES string of the molecule is CSc1cc2c(cc1C(N)C(=O)O)OCCO2. The molecule has 92 valence electrons. The smallest absolute Gasteiger partial charge is 0.325 e. The van der Waals surface area contributed by atoms with Gasteiger partial charge < -0.3 is 20.3 Å². The lowest BCUT2D eigenvalue weighted by Crippen LogP contribution is -2.22. The largest absolute Gasteiger partial charge is 0.486 e. The maximum absolute atomic E-state index is 10.9. The molecule has 0 bridgehead atoms. The Kier molecular flexibility index (Phi) is 3.44. The highest BCUT2D eigenvalue weighted by molar-refractivity contribution is 7.98. The van der Waals surface area contributed by atoms with Gasteiger partial charge in [0.15, 0.2) is 11.5 Å². The first-order valence-corrected chi connectivity index (χ1v) is 6.32. The van der Waals surface area contributed by atoms with Gasteiger partial charge in [-0.3, -0.25) is 4.79 Å². The number of rotatable bonds is 3. The monoisotopic (exact) mass is 255 g/mol. The molecule has 0 amide bonds. The van der Waals surface area contributed by atoms with Gasteiger partial charge in [0.1, 0.15) is 19.3 Å². The Morgan fingerprint density at radius 2 is 2.00 bits per heavy atom. The van der Waals surface area contributed by atoms with Crippen LogP contribution in [0, 0.1) is 0 Å². The summed E-state index contributed by atoms with van der Waals surface area (Å²) in [5.41, 5.74) is 6.19. The first kappa shape index (κ1) is 12.1. The first-order valence-electron chi connectivity index (χ1n) is 5.09. The van der Waals surface area contributed by atoms with Crippen LogP contribution in [-0.4, -0.2) is 30.5 Å². The molecule has 1 aromatic rings. The summed E-state index contributed by atoms with van der Waals surface area (Å²) in [4.78, 5) is 11.7. The van der Waals surface area contributed by atoms with Gasteiger partial charge in [-0.15, -0.1) is 11.8 Å². The Bertz CT molecular complexity index is 449. The third kappa shape index (κ3) is 2.32. The molecular weight excluding hydrogens is 242 g/mol. The summed E-state index contributed by atoms with van der Waals surface area (Å²) in [5, 5.41) is 8.95. The van der Waals surface area contributed by atoms with E-state index in [-0.39, 0.29) is 0 Å². The second-order valence-corrected chi connectivity index (χ2v) is 4.40. The lowest BCUT2D eigenvalue weighted by molar-refractivity contribution is -0.138. The number of carbonyl (C=O) groups is 1. The van der Waals surface area contributed by atoms with Crippen LogP contribution in [-0.2, 0) is 4.79 Å². The van der Waals surface area contributed by atoms with Gasteiger partial charge in [0.2, 0.25) is 0 Å². The molecule has 0 spiro atoms. The van der Waals surface area contributed by atoms with E-state index in [4.69, 9.17) is 20.3 Å². The Hall–Kier alpha value is -1.40. The Balaban J connectivity index is 2.46. The molecule has 0 saturated carbocycles. The van der Waals surface area contributed by atoms with Crippen molar-refractivity contribution in [2.24, 2.45) is 5.73 Å². The van der Waals surface area contributed by atoms with Crippen LogP contribution in [0.5, 0.6) is 11.5 Å². The van der Waals surface area contributed by atoms with Crippen molar-refractivity contribution in [3.8, 4) is 11.5 Å². The zero-order valence-corrected chi connectivity index (χ0v) is 10.1. The number of fused-ring (bicyclic) bond motifs is 1. The van der Waals surface area contributed by atoms with E-state index >= 15 is 0 Å². The quantitative estimate of drug-likeness (QED) is 0.791. The zero-order chi connectivity index (χ0) is 12.4. The number of ether oxygens (including phenoxy) is 2. The summed E-state index contributed by atoms with van der Waals surface area (Å²) in [5.74, 6) is 0.139. The normalized spacial score (nSPS) is 15.4. The number of nitrogens with two attached hydrogens (primary N) is 1. The van der Waals surface area contributed by atoms with Gasteiger partial charge in [-0.2, -0.15) is 0 Å². The topological polar surface area (TPSA) is 81.8 Å². The highest BCUT2D eigenvalue weighted by Gasteiger charge is 2.22. The summed E-state index contributed by atoms with van der Waals surface area (Å²) < 4.78 is 10.8. The molecule has 0 aromatic heterocycles. The first-order chi connectivity index (χ1) is 8.13. The van der Waals surface area contributed by atoms with Crippen molar-refractivity contribution in [1.82, 2.24) is 0 Å². The second-order valence-electron chi connectivity index (χ2n) is 3.55. The lowest BCUT2D eigenvalue weighted by Gasteiger charge is -2.21. The number of carboxylic acid groups (broad SMARTS) is 1. The van der Waals surface area contributed by atoms with Gasteiger partial charge in [0.25, 0.3) is 0 Å². The van der Waals surface area contributed by atoms with Gasteiger partial charge in [0.05, 0.1) is 0 Å². The predicted octanol–water partition coefficient (Wildman–Crippen LogP) is 1.26. The van der Waals surface area contributed by atoms with Gasteiger partial charge in [-0.1, -0.05) is 0 Å². The highest BCUT2D eigenvalue weighted by Crippen LogP contribution is 2.38. The molecule has 1 aliphatic rings. The predicted molar refractivity (Wildman–Crippen MR) is 63.8 cm³/mol. The van der Waals surface area contributed by atoms with Crippen LogP contribution in [0.3, 0.4) is 0 Å². The van der Waals surface area contributed by atoms with E-state index in [1.165, 1.54) is 11.8 Å². The van der Waals surface area contributed by atoms with E-state index < -0.39 is 12.0 Å². The van der Waals surface area contributed by atoms with E-state index in [2.05, 4.69) is 0 Å². The van der Waals surface area contributed by atoms with E-state index in [0.29, 0.717) is 30.3 Å². The van der Waals surface area contributed by atoms with E-state index in [0.717, 1.165) is 4.90 Å². The van der Waals surface area contributed by atoms with Crippen molar-refractivity contribution < 1.29 is 19.4 Å². The minimum atomic E-state index is -1.06. The molecule has 0 fully saturated rings. The molecule has 1 aliphatic heterocycles. The van der Waals surface area contributed by atoms with E-state index in [9.17, 15) is 4.79 Å². The van der Waals surface area contributed by atoms with Crippen LogP contribution in [0.1, 0.15) is 11.6 Å². The number of thioether (sulfide) groups is 1. The molecule has 1 atom stereocenters. The summed E-state index contributed by atoms with van der Waals surface area (Å²) in [6, 6.07) is 2.38. The van der Waals surface area contributed by atoms with Gasteiger partial charge in [-0.25, -0.2) is 0 Å². The summed E-state index contributed by atoms with van der Waals surface area (Å²) in [6.07, 6.45) is 1.86. The fourth-order valence-electron chi connectivity index (χ4n) is 1.64. The van der Waals surface area contributed by atoms with Crippen molar-refractivity contribution in [1.29, 1.82) is 0 Å². The summed E-state index contributed by atoms with van der Waals surface area (Å²) in [6.45, 7) is 0.971. The standard InChI is InChI=1S/C11H13NO4S/c1-17-9-5-8-7(15-2-3-16-8)4-6(9)10(12)11(13)14/h4-5,10H,2-3,12H2,1H3,(H,13,14). The summed E-state index contributed by atoms with van der Waals surface area (Å²) in [7, 11) is 0. The number of benzene rings is 1. The van der Waals surface area contributed by atoms with Crippen molar-refractivity contribution in [2.75, 3.05) is 19.5 Å². The van der Waals surface area contributed by atoms with Crippen molar-refractivity contribution in [3.05, 3.63) is 17.7 Å². The fraction of sp³-hybridized carbons (Fsp3) is 0.364. The molecule has 1 aromatic carbocycles. The second kappa shape index (κ2) is 4.85. The van der Waals surface area contributed by atoms with Gasteiger partial charge >= 0.3 is 5.97 Å². The number of hydrogen-bond donors (Lipinski definition) is 2. The molecular formula is C11H13NO4S. The maximum atomic E-state index is 10.9. The van der Waals surface area contributed by atoms with Crippen molar-refractivity contribution in [2.45, 2.75) is 10.9 Å². The molecule has 1 heterocycles. The molecule has 5 nitrogen and oxygen atoms in total. The van der Waals surface area contributed by atoms with Gasteiger partial charge in [-0.05, 0) is 24.0 Å². The van der Waals surface area contributed by atoms with Crippen molar-refractivity contribution >= 4 is 17.7 Å². The number of carboxylic acids is 1. The maximum Gasteiger partial charge on any atom is 0.325 e. The Morgan fingerprint density at radius 3 is 2.53 bits per heavy atom. The lowest BCUT2D eigenvalue weighted by atomic mass is 10.1. The van der Waals surface area contributed by atoms with Crippen LogP contribution in [0.2, 0.25) is 0 Å². The molecule has 17 heavy (non-hydrogen) atoms. The highest BCUT2D eigenvalue weighted by atomic mass is 32.2. The minimum Gasteiger partial charge on any atom is -0.486 e. The van der Waals surface area contributed by atoms with Crippen LogP contribution in [0.25, 0.3) is 0 Å². The molecule has 1 unspecified atom stereocenters. The average Bonchev–Trinajstić information content (AvgIpc) is 2.36. The molecule has 0 aliphatic carbocycles. The van der Waals surface area contributed by atoms with Crippen LogP contribution >= 0.6 is 11.8 Å². The fourth-order valence-corrected chi connectivity index (χ4v) is 2.29. The number of aliphatic carboxylic acids is 1. The van der Waals surface area contributed by atoms with Crippen LogP contribution in [0.4, 0.5) is 0 Å². The molecule has 3 N–H and O–H groups in total. The zero-order valence-electron chi connectivity index (χ0n) is 9.30.